The quantitative estimate of drug-likeness (QED) is 0.414. The molecule has 0 aromatic carbocycles. The zero-order valence-corrected chi connectivity index (χ0v) is 11.9. The van der Waals surface area contributed by atoms with Crippen LogP contribution in [-0.2, 0) is 21.7 Å². The van der Waals surface area contributed by atoms with Gasteiger partial charge in [0.25, 0.3) is 0 Å². The van der Waals surface area contributed by atoms with E-state index in [1.165, 1.54) is 11.1 Å². The van der Waals surface area contributed by atoms with Gasteiger partial charge in [-0.3, -0.25) is 0 Å². The summed E-state index contributed by atoms with van der Waals surface area (Å²) in [5.74, 6) is 0.694. The van der Waals surface area contributed by atoms with Crippen LogP contribution >= 0.6 is 0 Å². The van der Waals surface area contributed by atoms with Crippen LogP contribution < -0.4 is 24.8 Å². The summed E-state index contributed by atoms with van der Waals surface area (Å²) in [6, 6.07) is 0. The molecule has 0 saturated carbocycles. The van der Waals surface area contributed by atoms with Crippen LogP contribution in [-0.4, -0.2) is 0 Å². The van der Waals surface area contributed by atoms with Crippen molar-refractivity contribution in [1.29, 1.82) is 0 Å². The van der Waals surface area contributed by atoms with Gasteiger partial charge in [-0.2, -0.15) is 0 Å². The van der Waals surface area contributed by atoms with Crippen molar-refractivity contribution in [2.75, 3.05) is 0 Å². The fraction of sp³-hybridized carbons (Fsp3) is 0.600. The third-order valence-corrected chi connectivity index (χ3v) is 3.04. The topological polar surface area (TPSA) is 0 Å². The Bertz CT molecular complexity index is 205. The van der Waals surface area contributed by atoms with Crippen LogP contribution in [0, 0.1) is 5.92 Å². The summed E-state index contributed by atoms with van der Waals surface area (Å²) >= 11 is 0. The van der Waals surface area contributed by atoms with Gasteiger partial charge in [0.05, 0.1) is 0 Å². The Kier molecular flexibility index (Phi) is 10.6. The molecule has 0 unspecified atom stereocenters. The van der Waals surface area contributed by atoms with E-state index < -0.39 is 0 Å². The minimum absolute atomic E-state index is 0. The molecule has 74 valence electrons. The average molecular weight is 255 g/mol. The molecule has 1 rings (SSSR count). The van der Waals surface area contributed by atoms with Crippen LogP contribution in [0.2, 0.25) is 0 Å². The standard InChI is InChI=1S/C10H16.2ClH.Ti/c1-6-7(2)9(4)10(5)8(6)3;;;/h6H,1-5H3;2*1H;/q;;;+2/p-2. The van der Waals surface area contributed by atoms with Crippen molar-refractivity contribution in [2.24, 2.45) is 5.92 Å². The molecule has 0 aromatic rings. The van der Waals surface area contributed by atoms with E-state index in [9.17, 15) is 0 Å². The Morgan fingerprint density at radius 2 is 1.00 bits per heavy atom. The molecule has 13 heavy (non-hydrogen) atoms. The molecule has 0 atom stereocenters. The van der Waals surface area contributed by atoms with E-state index >= 15 is 0 Å². The molecule has 0 aromatic heterocycles. The molecule has 3 heteroatoms. The van der Waals surface area contributed by atoms with Crippen molar-refractivity contribution in [3.63, 3.8) is 0 Å². The van der Waals surface area contributed by atoms with Gasteiger partial charge in [0.1, 0.15) is 0 Å². The maximum absolute atomic E-state index is 2.28. The minimum Gasteiger partial charge on any atom is -1.00 e. The van der Waals surface area contributed by atoms with E-state index in [0.717, 1.165) is 0 Å². The molecule has 0 saturated heterocycles. The number of hydrogen-bond acceptors (Lipinski definition) is 0. The molecule has 0 heterocycles. The Hall–Kier alpha value is 0.774. The van der Waals surface area contributed by atoms with E-state index in [1.54, 1.807) is 11.1 Å². The molecule has 1 aliphatic carbocycles. The van der Waals surface area contributed by atoms with Gasteiger partial charge in [0, 0.05) is 0 Å². The molecule has 0 nitrogen and oxygen atoms in total. The third-order valence-electron chi connectivity index (χ3n) is 3.04. The van der Waals surface area contributed by atoms with Crippen LogP contribution in [0.1, 0.15) is 34.6 Å². The maximum atomic E-state index is 2.28. The smallest absolute Gasteiger partial charge is 1.00 e. The van der Waals surface area contributed by atoms with E-state index in [0.29, 0.717) is 5.92 Å². The summed E-state index contributed by atoms with van der Waals surface area (Å²) in [6.45, 7) is 11.2. The first-order chi connectivity index (χ1) is 4.55. The van der Waals surface area contributed by atoms with Crippen molar-refractivity contribution in [3.05, 3.63) is 22.3 Å². The second-order valence-corrected chi connectivity index (χ2v) is 3.34. The molecule has 0 fully saturated rings. The van der Waals surface area contributed by atoms with Crippen molar-refractivity contribution >= 4 is 0 Å². The van der Waals surface area contributed by atoms with E-state index in [2.05, 4.69) is 34.6 Å². The fourth-order valence-corrected chi connectivity index (χ4v) is 1.57. The Morgan fingerprint density at radius 3 is 1.08 bits per heavy atom. The number of hydrogen-bond donors (Lipinski definition) is 0. The second-order valence-electron chi connectivity index (χ2n) is 3.34. The van der Waals surface area contributed by atoms with Crippen LogP contribution in [0.5, 0.6) is 0 Å². The zero-order valence-electron chi connectivity index (χ0n) is 8.83. The minimum atomic E-state index is 0. The van der Waals surface area contributed by atoms with Crippen LogP contribution in [0.25, 0.3) is 0 Å². The Labute approximate surface area is 109 Å². The predicted molar refractivity (Wildman–Crippen MR) is 45.9 cm³/mol. The summed E-state index contributed by atoms with van der Waals surface area (Å²) in [5.41, 5.74) is 6.11. The Morgan fingerprint density at radius 1 is 0.769 bits per heavy atom. The summed E-state index contributed by atoms with van der Waals surface area (Å²) < 4.78 is 0. The number of halogens is 2. The first-order valence-electron chi connectivity index (χ1n) is 3.90. The monoisotopic (exact) mass is 254 g/mol. The van der Waals surface area contributed by atoms with Gasteiger partial charge in [0.15, 0.2) is 0 Å². The van der Waals surface area contributed by atoms with E-state index in [1.807, 2.05) is 0 Å². The van der Waals surface area contributed by atoms with Gasteiger partial charge >= 0.3 is 21.7 Å². The van der Waals surface area contributed by atoms with Crippen LogP contribution in [0.15, 0.2) is 22.3 Å². The molecule has 1 aliphatic rings. The first kappa shape index (κ1) is 19.4. The Balaban J connectivity index is -0.000000333. The van der Waals surface area contributed by atoms with Crippen molar-refractivity contribution in [1.82, 2.24) is 0 Å². The van der Waals surface area contributed by atoms with Gasteiger partial charge in [-0.1, -0.05) is 18.1 Å². The molecule has 0 spiro atoms. The average Bonchev–Trinajstić information content (AvgIpc) is 2.07. The normalized spacial score (nSPS) is 16.4. The summed E-state index contributed by atoms with van der Waals surface area (Å²) in [7, 11) is 0. The molecular weight excluding hydrogens is 239 g/mol. The van der Waals surface area contributed by atoms with Crippen molar-refractivity contribution in [2.45, 2.75) is 34.6 Å². The second kappa shape index (κ2) is 7.12. The van der Waals surface area contributed by atoms with Gasteiger partial charge < -0.3 is 24.8 Å². The third kappa shape index (κ3) is 3.44. The predicted octanol–water partition coefficient (Wildman–Crippen LogP) is -2.69. The fourth-order valence-electron chi connectivity index (χ4n) is 1.57. The maximum Gasteiger partial charge on any atom is 2.00 e. The summed E-state index contributed by atoms with van der Waals surface area (Å²) in [6.07, 6.45) is 0. The van der Waals surface area contributed by atoms with Crippen molar-refractivity contribution < 1.29 is 46.5 Å². The van der Waals surface area contributed by atoms with Crippen molar-refractivity contribution in [3.8, 4) is 0 Å². The van der Waals surface area contributed by atoms with Gasteiger partial charge in [-0.25, -0.2) is 0 Å². The zero-order chi connectivity index (χ0) is 7.89. The van der Waals surface area contributed by atoms with E-state index in [-0.39, 0.29) is 46.5 Å². The van der Waals surface area contributed by atoms with E-state index in [4.69, 9.17) is 0 Å². The molecule has 0 bridgehead atoms. The summed E-state index contributed by atoms with van der Waals surface area (Å²) in [5, 5.41) is 0. The van der Waals surface area contributed by atoms with Crippen LogP contribution in [0.3, 0.4) is 0 Å². The van der Waals surface area contributed by atoms with Gasteiger partial charge in [0.2, 0.25) is 0 Å². The van der Waals surface area contributed by atoms with Crippen LogP contribution in [0.4, 0.5) is 0 Å². The SMILES string of the molecule is CC1=C(C)C(C)C(C)=C1C.[Cl-].[Cl-].[Ti+2]. The number of rotatable bonds is 0. The molecular formula is C10H16Cl2Ti. The number of allylic oxidation sites excluding steroid dienone is 4. The molecule has 0 N–H and O–H groups in total. The molecule has 0 aliphatic heterocycles. The first-order valence-corrected chi connectivity index (χ1v) is 3.90. The largest absolute Gasteiger partial charge is 2.00 e. The molecule has 0 amide bonds. The van der Waals surface area contributed by atoms with Gasteiger partial charge in [-0.05, 0) is 44.8 Å². The van der Waals surface area contributed by atoms with Gasteiger partial charge in [-0.15, -0.1) is 0 Å². The molecule has 0 radical (unpaired) electrons. The summed E-state index contributed by atoms with van der Waals surface area (Å²) in [4.78, 5) is 0.